The van der Waals surface area contributed by atoms with Gasteiger partial charge in [-0.15, -0.1) is 0 Å². The largest absolute Gasteiger partial charge is 0.433 e. The molecule has 0 spiro atoms. The molecule has 0 saturated heterocycles. The third kappa shape index (κ3) is 4.75. The lowest BCUT2D eigenvalue weighted by atomic mass is 10.3. The summed E-state index contributed by atoms with van der Waals surface area (Å²) < 4.78 is 28.2. The molecule has 0 aromatic heterocycles. The number of amides is 2. The van der Waals surface area contributed by atoms with E-state index in [0.717, 1.165) is 6.42 Å². The summed E-state index contributed by atoms with van der Waals surface area (Å²) in [5.41, 5.74) is 0.398. The van der Waals surface area contributed by atoms with Gasteiger partial charge in [0.05, 0.1) is 5.02 Å². The number of carbonyl (C=O) groups excluding carboxylic acids is 1. The smallest absolute Gasteiger partial charge is 0.387 e. The Hall–Kier alpha value is -1.56. The van der Waals surface area contributed by atoms with Crippen LogP contribution in [-0.4, -0.2) is 19.2 Å². The van der Waals surface area contributed by atoms with Gasteiger partial charge in [-0.1, -0.05) is 18.5 Å². The van der Waals surface area contributed by atoms with Crippen LogP contribution in [0.25, 0.3) is 0 Å². The van der Waals surface area contributed by atoms with E-state index in [4.69, 9.17) is 11.6 Å². The molecule has 1 aromatic rings. The van der Waals surface area contributed by atoms with E-state index in [1.165, 1.54) is 18.2 Å². The molecule has 2 N–H and O–H groups in total. The van der Waals surface area contributed by atoms with Crippen molar-refractivity contribution in [1.82, 2.24) is 5.32 Å². The molecular formula is C11H13ClF2N2O2. The van der Waals surface area contributed by atoms with Crippen LogP contribution in [0, 0.1) is 0 Å². The van der Waals surface area contributed by atoms with Gasteiger partial charge < -0.3 is 15.4 Å². The van der Waals surface area contributed by atoms with Crippen molar-refractivity contribution < 1.29 is 18.3 Å². The number of benzene rings is 1. The number of hydrogen-bond donors (Lipinski definition) is 2. The minimum absolute atomic E-state index is 0.00333. The summed E-state index contributed by atoms with van der Waals surface area (Å²) >= 11 is 5.73. The first-order valence-electron chi connectivity index (χ1n) is 5.32. The third-order valence-electron chi connectivity index (χ3n) is 1.94. The lowest BCUT2D eigenvalue weighted by Crippen LogP contribution is -2.29. The van der Waals surface area contributed by atoms with Gasteiger partial charge in [-0.25, -0.2) is 4.79 Å². The highest BCUT2D eigenvalue weighted by Crippen LogP contribution is 2.28. The van der Waals surface area contributed by atoms with Gasteiger partial charge in [0.15, 0.2) is 0 Å². The van der Waals surface area contributed by atoms with Crippen molar-refractivity contribution >= 4 is 23.3 Å². The molecule has 0 aliphatic carbocycles. The number of rotatable bonds is 5. The van der Waals surface area contributed by atoms with Crippen LogP contribution in [0.2, 0.25) is 5.02 Å². The van der Waals surface area contributed by atoms with Crippen LogP contribution in [0.4, 0.5) is 19.3 Å². The number of urea groups is 1. The van der Waals surface area contributed by atoms with Crippen LogP contribution in [0.5, 0.6) is 5.75 Å². The zero-order valence-electron chi connectivity index (χ0n) is 9.67. The quantitative estimate of drug-likeness (QED) is 0.866. The molecule has 7 heteroatoms. The Kier molecular flexibility index (Phi) is 5.64. The lowest BCUT2D eigenvalue weighted by molar-refractivity contribution is -0.0497. The van der Waals surface area contributed by atoms with E-state index >= 15 is 0 Å². The van der Waals surface area contributed by atoms with E-state index in [-0.39, 0.29) is 16.8 Å². The summed E-state index contributed by atoms with van der Waals surface area (Å²) in [5, 5.41) is 5.13. The Morgan fingerprint density at radius 2 is 2.22 bits per heavy atom. The fourth-order valence-corrected chi connectivity index (χ4v) is 1.41. The standard InChI is InChI=1S/C11H13ClF2N2O2/c1-2-5-15-11(17)16-7-3-4-9(8(12)6-7)18-10(13)14/h3-4,6,10H,2,5H2,1H3,(H2,15,16,17). The maximum atomic E-state index is 12.0. The number of carbonyl (C=O) groups is 1. The number of ether oxygens (including phenoxy) is 1. The fourth-order valence-electron chi connectivity index (χ4n) is 1.18. The molecule has 1 aromatic carbocycles. The van der Waals surface area contributed by atoms with Crippen molar-refractivity contribution in [2.24, 2.45) is 0 Å². The van der Waals surface area contributed by atoms with E-state index in [1.807, 2.05) is 6.92 Å². The lowest BCUT2D eigenvalue weighted by Gasteiger charge is -2.10. The van der Waals surface area contributed by atoms with Crippen molar-refractivity contribution in [3.63, 3.8) is 0 Å². The third-order valence-corrected chi connectivity index (χ3v) is 2.24. The number of nitrogens with one attached hydrogen (secondary N) is 2. The van der Waals surface area contributed by atoms with E-state index in [1.54, 1.807) is 0 Å². The molecule has 0 aliphatic heterocycles. The summed E-state index contributed by atoms with van der Waals surface area (Å²) in [6.07, 6.45) is 0.815. The first-order chi connectivity index (χ1) is 8.52. The second kappa shape index (κ2) is 7.00. The van der Waals surface area contributed by atoms with Crippen LogP contribution >= 0.6 is 11.6 Å². The normalized spacial score (nSPS) is 10.3. The Balaban J connectivity index is 2.63. The molecule has 2 amide bonds. The van der Waals surface area contributed by atoms with E-state index in [0.29, 0.717) is 12.2 Å². The molecule has 0 aliphatic rings. The Morgan fingerprint density at radius 3 is 2.78 bits per heavy atom. The second-order valence-electron chi connectivity index (χ2n) is 3.40. The van der Waals surface area contributed by atoms with Crippen LogP contribution < -0.4 is 15.4 Å². The zero-order chi connectivity index (χ0) is 13.5. The molecule has 0 radical (unpaired) electrons. The monoisotopic (exact) mass is 278 g/mol. The van der Waals surface area contributed by atoms with E-state index < -0.39 is 6.61 Å². The molecule has 0 unspecified atom stereocenters. The van der Waals surface area contributed by atoms with Crippen molar-refractivity contribution in [3.8, 4) is 5.75 Å². The molecule has 0 bridgehead atoms. The summed E-state index contributed by atoms with van der Waals surface area (Å²) in [6.45, 7) is -0.464. The first kappa shape index (κ1) is 14.5. The predicted octanol–water partition coefficient (Wildman–Crippen LogP) is 3.47. The highest BCUT2D eigenvalue weighted by Gasteiger charge is 2.09. The average molecular weight is 279 g/mol. The van der Waals surface area contributed by atoms with Crippen LogP contribution in [0.1, 0.15) is 13.3 Å². The van der Waals surface area contributed by atoms with E-state index in [9.17, 15) is 13.6 Å². The van der Waals surface area contributed by atoms with Crippen LogP contribution in [0.15, 0.2) is 18.2 Å². The summed E-state index contributed by atoms with van der Waals surface area (Å²) in [6, 6.07) is 3.65. The van der Waals surface area contributed by atoms with Gasteiger partial charge in [0.2, 0.25) is 0 Å². The second-order valence-corrected chi connectivity index (χ2v) is 3.81. The molecule has 0 saturated carbocycles. The molecule has 0 fully saturated rings. The SMILES string of the molecule is CCCNC(=O)Nc1ccc(OC(F)F)c(Cl)c1. The number of alkyl halides is 2. The van der Waals surface area contributed by atoms with Crippen molar-refractivity contribution in [3.05, 3.63) is 23.2 Å². The van der Waals surface area contributed by atoms with Crippen molar-refractivity contribution in [1.29, 1.82) is 0 Å². The Bertz CT molecular complexity index is 416. The molecule has 0 heterocycles. The van der Waals surface area contributed by atoms with Gasteiger partial charge in [-0.05, 0) is 24.6 Å². The highest BCUT2D eigenvalue weighted by atomic mass is 35.5. The molecule has 0 atom stereocenters. The fraction of sp³-hybridized carbons (Fsp3) is 0.364. The number of halogens is 3. The Morgan fingerprint density at radius 1 is 1.50 bits per heavy atom. The average Bonchev–Trinajstić information content (AvgIpc) is 2.29. The van der Waals surface area contributed by atoms with Crippen molar-refractivity contribution in [2.45, 2.75) is 20.0 Å². The predicted molar refractivity (Wildman–Crippen MR) is 65.4 cm³/mol. The number of hydrogen-bond acceptors (Lipinski definition) is 2. The molecule has 100 valence electrons. The van der Waals surface area contributed by atoms with Crippen LogP contribution in [0.3, 0.4) is 0 Å². The van der Waals surface area contributed by atoms with Gasteiger partial charge in [0.1, 0.15) is 5.75 Å². The minimum Gasteiger partial charge on any atom is -0.433 e. The van der Waals surface area contributed by atoms with Crippen molar-refractivity contribution in [2.75, 3.05) is 11.9 Å². The summed E-state index contributed by atoms with van der Waals surface area (Å²) in [4.78, 5) is 11.3. The first-order valence-corrected chi connectivity index (χ1v) is 5.70. The van der Waals surface area contributed by atoms with E-state index in [2.05, 4.69) is 15.4 Å². The maximum Gasteiger partial charge on any atom is 0.387 e. The topological polar surface area (TPSA) is 50.4 Å². The molecular weight excluding hydrogens is 266 g/mol. The zero-order valence-corrected chi connectivity index (χ0v) is 10.4. The minimum atomic E-state index is -2.94. The highest BCUT2D eigenvalue weighted by molar-refractivity contribution is 6.32. The van der Waals surface area contributed by atoms with Gasteiger partial charge in [0.25, 0.3) is 0 Å². The van der Waals surface area contributed by atoms with Crippen LogP contribution in [-0.2, 0) is 0 Å². The van der Waals surface area contributed by atoms with Gasteiger partial charge >= 0.3 is 12.6 Å². The maximum absolute atomic E-state index is 12.0. The molecule has 1 rings (SSSR count). The summed E-state index contributed by atoms with van der Waals surface area (Å²) in [5.74, 6) is -0.133. The molecule has 4 nitrogen and oxygen atoms in total. The summed E-state index contributed by atoms with van der Waals surface area (Å²) in [7, 11) is 0. The number of anilines is 1. The van der Waals surface area contributed by atoms with Gasteiger partial charge in [-0.3, -0.25) is 0 Å². The van der Waals surface area contributed by atoms with Gasteiger partial charge in [0, 0.05) is 12.2 Å². The van der Waals surface area contributed by atoms with Gasteiger partial charge in [-0.2, -0.15) is 8.78 Å². The Labute approximate surface area is 108 Å². The molecule has 18 heavy (non-hydrogen) atoms.